The largest absolute Gasteiger partial charge is 0.467 e. The Hall–Kier alpha value is -1.86. The van der Waals surface area contributed by atoms with Crippen molar-refractivity contribution in [2.24, 2.45) is 0 Å². The summed E-state index contributed by atoms with van der Waals surface area (Å²) in [6, 6.07) is 3.11. The predicted octanol–water partition coefficient (Wildman–Crippen LogP) is 1.02. The van der Waals surface area contributed by atoms with Crippen molar-refractivity contribution in [1.82, 2.24) is 10.2 Å². The summed E-state index contributed by atoms with van der Waals surface area (Å²) in [7, 11) is 0. The van der Waals surface area contributed by atoms with Gasteiger partial charge in [-0.25, -0.2) is 4.79 Å². The Morgan fingerprint density at radius 1 is 1.41 bits per heavy atom. The highest BCUT2D eigenvalue weighted by atomic mass is 16.5. The van der Waals surface area contributed by atoms with E-state index in [2.05, 4.69) is 5.32 Å². The van der Waals surface area contributed by atoms with Crippen molar-refractivity contribution in [3.05, 3.63) is 24.2 Å². The standard InChI is InChI=1S/C15H20N2O5/c18-11(9-21-10-12-4-3-7-22-12)8-17-13(19)15(16-14(17)20)5-1-2-6-15/h3-4,7,11,18H,1-2,5-6,8-10H2,(H,16,20)/t11-/m1/s1. The van der Waals surface area contributed by atoms with Crippen LogP contribution in [0.1, 0.15) is 31.4 Å². The number of carbonyl (C=O) groups excluding carboxylic acids is 2. The first-order valence-electron chi connectivity index (χ1n) is 7.53. The third-order valence-electron chi connectivity index (χ3n) is 4.23. The minimum Gasteiger partial charge on any atom is -0.467 e. The predicted molar refractivity (Wildman–Crippen MR) is 75.8 cm³/mol. The number of β-amino-alcohol motifs (C(OH)–C–C–N with tert-alkyl or cyclic N) is 1. The number of imide groups is 1. The van der Waals surface area contributed by atoms with Gasteiger partial charge in [-0.2, -0.15) is 0 Å². The third-order valence-corrected chi connectivity index (χ3v) is 4.23. The fraction of sp³-hybridized carbons (Fsp3) is 0.600. The summed E-state index contributed by atoms with van der Waals surface area (Å²) in [5.41, 5.74) is -0.730. The van der Waals surface area contributed by atoms with E-state index in [1.807, 2.05) is 0 Å². The number of rotatable bonds is 6. The second kappa shape index (κ2) is 6.10. The Labute approximate surface area is 128 Å². The maximum absolute atomic E-state index is 12.4. The van der Waals surface area contributed by atoms with Gasteiger partial charge in [-0.1, -0.05) is 12.8 Å². The van der Waals surface area contributed by atoms with Gasteiger partial charge in [0.2, 0.25) is 0 Å². The van der Waals surface area contributed by atoms with Gasteiger partial charge < -0.3 is 19.6 Å². The molecule has 3 amide bonds. The lowest BCUT2D eigenvalue weighted by molar-refractivity contribution is -0.132. The number of ether oxygens (including phenoxy) is 1. The van der Waals surface area contributed by atoms with Crippen LogP contribution in [0.25, 0.3) is 0 Å². The molecule has 120 valence electrons. The van der Waals surface area contributed by atoms with Gasteiger partial charge in [0, 0.05) is 0 Å². The molecule has 1 saturated carbocycles. The minimum atomic E-state index is -0.916. The molecule has 22 heavy (non-hydrogen) atoms. The Morgan fingerprint density at radius 2 is 2.18 bits per heavy atom. The zero-order valence-electron chi connectivity index (χ0n) is 12.3. The average molecular weight is 308 g/mol. The summed E-state index contributed by atoms with van der Waals surface area (Å²) in [6.45, 7) is 0.226. The van der Waals surface area contributed by atoms with E-state index in [9.17, 15) is 14.7 Å². The van der Waals surface area contributed by atoms with Crippen molar-refractivity contribution in [2.45, 2.75) is 43.9 Å². The van der Waals surface area contributed by atoms with Crippen LogP contribution in [0, 0.1) is 0 Å². The zero-order valence-corrected chi connectivity index (χ0v) is 12.3. The van der Waals surface area contributed by atoms with Crippen LogP contribution in [-0.2, 0) is 16.1 Å². The molecule has 7 nitrogen and oxygen atoms in total. The van der Waals surface area contributed by atoms with E-state index in [1.165, 1.54) is 0 Å². The van der Waals surface area contributed by atoms with Gasteiger partial charge in [0.05, 0.1) is 25.5 Å². The van der Waals surface area contributed by atoms with Crippen LogP contribution < -0.4 is 5.32 Å². The lowest BCUT2D eigenvalue weighted by Gasteiger charge is -2.21. The highest BCUT2D eigenvalue weighted by Crippen LogP contribution is 2.35. The first-order valence-corrected chi connectivity index (χ1v) is 7.53. The SMILES string of the molecule is O=C1NC2(CCCC2)C(=O)N1C[C@@H](O)COCc1ccco1. The molecule has 1 saturated heterocycles. The molecule has 0 aromatic carbocycles. The van der Waals surface area contributed by atoms with E-state index < -0.39 is 17.7 Å². The number of urea groups is 1. The highest BCUT2D eigenvalue weighted by molar-refractivity contribution is 6.07. The number of furan rings is 1. The summed E-state index contributed by atoms with van der Waals surface area (Å²) >= 11 is 0. The fourth-order valence-electron chi connectivity index (χ4n) is 3.11. The van der Waals surface area contributed by atoms with Crippen LogP contribution in [-0.4, -0.2) is 46.7 Å². The normalized spacial score (nSPS) is 21.6. The lowest BCUT2D eigenvalue weighted by atomic mass is 9.98. The Bertz CT molecular complexity index is 536. The smallest absolute Gasteiger partial charge is 0.325 e. The maximum Gasteiger partial charge on any atom is 0.325 e. The molecule has 1 aliphatic carbocycles. The fourth-order valence-corrected chi connectivity index (χ4v) is 3.11. The number of nitrogens with zero attached hydrogens (tertiary/aromatic N) is 1. The first-order chi connectivity index (χ1) is 10.6. The van der Waals surface area contributed by atoms with Gasteiger partial charge in [-0.05, 0) is 25.0 Å². The number of hydrogen-bond acceptors (Lipinski definition) is 5. The number of amides is 3. The van der Waals surface area contributed by atoms with Crippen molar-refractivity contribution in [3.63, 3.8) is 0 Å². The topological polar surface area (TPSA) is 92.0 Å². The van der Waals surface area contributed by atoms with E-state index in [0.717, 1.165) is 17.7 Å². The zero-order chi connectivity index (χ0) is 15.6. The van der Waals surface area contributed by atoms with Crippen molar-refractivity contribution in [2.75, 3.05) is 13.2 Å². The second-order valence-corrected chi connectivity index (χ2v) is 5.88. The van der Waals surface area contributed by atoms with E-state index in [4.69, 9.17) is 9.15 Å². The second-order valence-electron chi connectivity index (χ2n) is 5.88. The summed E-state index contributed by atoms with van der Waals surface area (Å²) in [6.07, 6.45) is 3.87. The molecule has 2 fully saturated rings. The monoisotopic (exact) mass is 308 g/mol. The number of carbonyl (C=O) groups is 2. The number of nitrogens with one attached hydrogen (secondary N) is 1. The number of aliphatic hydroxyl groups is 1. The van der Waals surface area contributed by atoms with Crippen molar-refractivity contribution >= 4 is 11.9 Å². The molecule has 0 bridgehead atoms. The van der Waals surface area contributed by atoms with E-state index in [-0.39, 0.29) is 25.7 Å². The van der Waals surface area contributed by atoms with Gasteiger partial charge in [-0.15, -0.1) is 0 Å². The molecule has 1 spiro atoms. The van der Waals surface area contributed by atoms with Gasteiger partial charge >= 0.3 is 6.03 Å². The third kappa shape index (κ3) is 2.86. The molecule has 1 atom stereocenters. The van der Waals surface area contributed by atoms with E-state index in [1.54, 1.807) is 18.4 Å². The van der Waals surface area contributed by atoms with Crippen molar-refractivity contribution in [3.8, 4) is 0 Å². The van der Waals surface area contributed by atoms with Gasteiger partial charge in [0.15, 0.2) is 0 Å². The molecule has 1 aromatic heterocycles. The lowest BCUT2D eigenvalue weighted by Crippen LogP contribution is -2.45. The summed E-state index contributed by atoms with van der Waals surface area (Å²) in [5.74, 6) is 0.437. The molecule has 2 N–H and O–H groups in total. The molecule has 2 heterocycles. The molecule has 7 heteroatoms. The van der Waals surface area contributed by atoms with Crippen LogP contribution >= 0.6 is 0 Å². The quantitative estimate of drug-likeness (QED) is 0.766. The molecule has 0 radical (unpaired) electrons. The van der Waals surface area contributed by atoms with Crippen LogP contribution in [0.4, 0.5) is 4.79 Å². The first kappa shape index (κ1) is 15.1. The maximum atomic E-state index is 12.4. The average Bonchev–Trinajstić information content (AvgIpc) is 3.19. The van der Waals surface area contributed by atoms with Gasteiger partial charge in [-0.3, -0.25) is 9.69 Å². The molecule has 3 rings (SSSR count). The molecule has 2 aliphatic rings. The minimum absolute atomic E-state index is 0.0325. The Kier molecular flexibility index (Phi) is 4.17. The van der Waals surface area contributed by atoms with Crippen LogP contribution in [0.2, 0.25) is 0 Å². The van der Waals surface area contributed by atoms with Crippen molar-refractivity contribution < 1.29 is 23.8 Å². The Balaban J connectivity index is 1.49. The highest BCUT2D eigenvalue weighted by Gasteiger charge is 2.52. The van der Waals surface area contributed by atoms with Crippen molar-refractivity contribution in [1.29, 1.82) is 0 Å². The molecular weight excluding hydrogens is 288 g/mol. The van der Waals surface area contributed by atoms with Crippen LogP contribution in [0.5, 0.6) is 0 Å². The van der Waals surface area contributed by atoms with E-state index >= 15 is 0 Å². The molecular formula is C15H20N2O5. The molecule has 1 aliphatic heterocycles. The van der Waals surface area contributed by atoms with E-state index in [0.29, 0.717) is 18.6 Å². The molecule has 0 unspecified atom stereocenters. The van der Waals surface area contributed by atoms with Crippen LogP contribution in [0.3, 0.4) is 0 Å². The van der Waals surface area contributed by atoms with Gasteiger partial charge in [0.25, 0.3) is 5.91 Å². The summed E-state index contributed by atoms with van der Waals surface area (Å²) in [5, 5.41) is 12.8. The Morgan fingerprint density at radius 3 is 2.86 bits per heavy atom. The van der Waals surface area contributed by atoms with Gasteiger partial charge in [0.1, 0.15) is 17.9 Å². The number of aliphatic hydroxyl groups excluding tert-OH is 1. The van der Waals surface area contributed by atoms with Crippen LogP contribution in [0.15, 0.2) is 22.8 Å². The molecule has 1 aromatic rings. The summed E-state index contributed by atoms with van der Waals surface area (Å²) < 4.78 is 10.4. The summed E-state index contributed by atoms with van der Waals surface area (Å²) in [4.78, 5) is 25.5. The number of hydrogen-bond donors (Lipinski definition) is 2.